The molecule has 1 aromatic carbocycles. The number of nitrogens with zero attached hydrogens (tertiary/aromatic N) is 2. The highest BCUT2D eigenvalue weighted by atomic mass is 16.5. The van der Waals surface area contributed by atoms with Crippen LogP contribution in [0.5, 0.6) is 0 Å². The highest BCUT2D eigenvalue weighted by Crippen LogP contribution is 2.20. The molecule has 0 saturated carbocycles. The molecule has 1 saturated heterocycles. The van der Waals surface area contributed by atoms with Gasteiger partial charge < -0.3 is 9.30 Å². The van der Waals surface area contributed by atoms with E-state index in [0.29, 0.717) is 6.04 Å². The number of hydrogen-bond acceptors (Lipinski definition) is 2. The van der Waals surface area contributed by atoms with Crippen LogP contribution in [0.2, 0.25) is 0 Å². The van der Waals surface area contributed by atoms with E-state index >= 15 is 0 Å². The number of benzene rings is 1. The van der Waals surface area contributed by atoms with Gasteiger partial charge >= 0.3 is 0 Å². The Hall–Kier alpha value is -1.32. The first kappa shape index (κ1) is 11.8. The summed E-state index contributed by atoms with van der Waals surface area (Å²) in [6, 6.07) is 11.3. The first-order valence-electron chi connectivity index (χ1n) is 6.70. The zero-order valence-corrected chi connectivity index (χ0v) is 10.9. The lowest BCUT2D eigenvalue weighted by Crippen LogP contribution is -2.39. The summed E-state index contributed by atoms with van der Waals surface area (Å²) in [5, 5.41) is 1.33. The molecule has 1 aromatic heterocycles. The maximum Gasteiger partial charge on any atom is 0.0594 e. The number of morpholine rings is 1. The van der Waals surface area contributed by atoms with E-state index in [2.05, 4.69) is 52.9 Å². The van der Waals surface area contributed by atoms with E-state index in [4.69, 9.17) is 4.74 Å². The van der Waals surface area contributed by atoms with Crippen molar-refractivity contribution >= 4 is 10.9 Å². The van der Waals surface area contributed by atoms with Crippen LogP contribution in [-0.4, -0.2) is 42.3 Å². The van der Waals surface area contributed by atoms with Gasteiger partial charge in [-0.3, -0.25) is 4.90 Å². The van der Waals surface area contributed by atoms with Gasteiger partial charge in [0.25, 0.3) is 0 Å². The highest BCUT2D eigenvalue weighted by molar-refractivity contribution is 5.80. The number of hydrogen-bond donors (Lipinski definition) is 0. The molecule has 0 N–H and O–H groups in total. The fraction of sp³-hybridized carbons (Fsp3) is 0.467. The van der Waals surface area contributed by atoms with Gasteiger partial charge in [0, 0.05) is 37.4 Å². The van der Waals surface area contributed by atoms with Crippen LogP contribution in [0, 0.1) is 0 Å². The predicted molar refractivity (Wildman–Crippen MR) is 73.9 cm³/mol. The Balaban J connectivity index is 1.76. The number of rotatable bonds is 3. The van der Waals surface area contributed by atoms with Crippen molar-refractivity contribution in [3.05, 3.63) is 36.5 Å². The normalized spacial score (nSPS) is 19.2. The first-order chi connectivity index (χ1) is 8.84. The maximum absolute atomic E-state index is 5.39. The Kier molecular flexibility index (Phi) is 3.35. The van der Waals surface area contributed by atoms with E-state index in [1.54, 1.807) is 0 Å². The molecule has 3 heteroatoms. The van der Waals surface area contributed by atoms with Crippen molar-refractivity contribution in [1.82, 2.24) is 9.47 Å². The van der Waals surface area contributed by atoms with Gasteiger partial charge in [0.2, 0.25) is 0 Å². The minimum Gasteiger partial charge on any atom is -0.379 e. The smallest absolute Gasteiger partial charge is 0.0594 e. The SMILES string of the molecule is C[C@@H](CN1CCOCC1)n1ccc2ccccc21. The summed E-state index contributed by atoms with van der Waals surface area (Å²) in [5.41, 5.74) is 1.33. The number of aromatic nitrogens is 1. The van der Waals surface area contributed by atoms with E-state index < -0.39 is 0 Å². The Bertz CT molecular complexity index is 514. The quantitative estimate of drug-likeness (QED) is 0.825. The molecule has 0 aliphatic carbocycles. The second-order valence-corrected chi connectivity index (χ2v) is 5.04. The fourth-order valence-electron chi connectivity index (χ4n) is 2.73. The maximum atomic E-state index is 5.39. The monoisotopic (exact) mass is 244 g/mol. The third-order valence-electron chi connectivity index (χ3n) is 3.73. The molecule has 0 spiro atoms. The summed E-state index contributed by atoms with van der Waals surface area (Å²) >= 11 is 0. The third kappa shape index (κ3) is 2.28. The molecule has 0 amide bonds. The summed E-state index contributed by atoms with van der Waals surface area (Å²) in [7, 11) is 0. The predicted octanol–water partition coefficient (Wildman–Crippen LogP) is 2.53. The van der Waals surface area contributed by atoms with Crippen LogP contribution in [0.4, 0.5) is 0 Å². The average Bonchev–Trinajstić information content (AvgIpc) is 2.84. The topological polar surface area (TPSA) is 17.4 Å². The molecule has 18 heavy (non-hydrogen) atoms. The Labute approximate surface area is 108 Å². The van der Waals surface area contributed by atoms with Crippen molar-refractivity contribution in [3.8, 4) is 0 Å². The van der Waals surface area contributed by atoms with Crippen molar-refractivity contribution in [3.63, 3.8) is 0 Å². The molecule has 2 heterocycles. The standard InChI is InChI=1S/C15H20N2O/c1-13(12-16-8-10-18-11-9-16)17-7-6-14-4-2-3-5-15(14)17/h2-7,13H,8-12H2,1H3/t13-/m0/s1. The van der Waals surface area contributed by atoms with Crippen molar-refractivity contribution < 1.29 is 4.74 Å². The van der Waals surface area contributed by atoms with Gasteiger partial charge in [-0.05, 0) is 24.4 Å². The van der Waals surface area contributed by atoms with Crippen LogP contribution in [0.1, 0.15) is 13.0 Å². The second kappa shape index (κ2) is 5.12. The molecular formula is C15H20N2O. The summed E-state index contributed by atoms with van der Waals surface area (Å²) in [6.07, 6.45) is 2.20. The molecule has 0 bridgehead atoms. The highest BCUT2D eigenvalue weighted by Gasteiger charge is 2.15. The molecule has 0 unspecified atom stereocenters. The zero-order valence-electron chi connectivity index (χ0n) is 10.9. The minimum atomic E-state index is 0.503. The summed E-state index contributed by atoms with van der Waals surface area (Å²) in [4.78, 5) is 2.49. The van der Waals surface area contributed by atoms with Gasteiger partial charge in [-0.15, -0.1) is 0 Å². The van der Waals surface area contributed by atoms with E-state index in [1.807, 2.05) is 0 Å². The lowest BCUT2D eigenvalue weighted by Gasteiger charge is -2.29. The molecule has 3 rings (SSSR count). The van der Waals surface area contributed by atoms with Crippen molar-refractivity contribution in [2.75, 3.05) is 32.8 Å². The summed E-state index contributed by atoms with van der Waals surface area (Å²) in [6.45, 7) is 7.26. The van der Waals surface area contributed by atoms with Crippen molar-refractivity contribution in [1.29, 1.82) is 0 Å². The molecular weight excluding hydrogens is 224 g/mol. The Morgan fingerprint density at radius 3 is 2.78 bits per heavy atom. The Morgan fingerprint density at radius 2 is 1.94 bits per heavy atom. The molecule has 2 aromatic rings. The average molecular weight is 244 g/mol. The Morgan fingerprint density at radius 1 is 1.17 bits per heavy atom. The molecule has 1 aliphatic heterocycles. The molecule has 1 fully saturated rings. The lowest BCUT2D eigenvalue weighted by molar-refractivity contribution is 0.0328. The van der Waals surface area contributed by atoms with Crippen LogP contribution >= 0.6 is 0 Å². The van der Waals surface area contributed by atoms with Crippen LogP contribution in [0.25, 0.3) is 10.9 Å². The number of para-hydroxylation sites is 1. The summed E-state index contributed by atoms with van der Waals surface area (Å²) < 4.78 is 7.77. The summed E-state index contributed by atoms with van der Waals surface area (Å²) in [5.74, 6) is 0. The van der Waals surface area contributed by atoms with Gasteiger partial charge in [0.05, 0.1) is 13.2 Å². The van der Waals surface area contributed by atoms with E-state index in [9.17, 15) is 0 Å². The van der Waals surface area contributed by atoms with Crippen LogP contribution < -0.4 is 0 Å². The molecule has 0 radical (unpaired) electrons. The van der Waals surface area contributed by atoms with Gasteiger partial charge in [0.1, 0.15) is 0 Å². The van der Waals surface area contributed by atoms with E-state index in [0.717, 1.165) is 32.8 Å². The van der Waals surface area contributed by atoms with Crippen molar-refractivity contribution in [2.24, 2.45) is 0 Å². The zero-order chi connectivity index (χ0) is 12.4. The minimum absolute atomic E-state index is 0.503. The van der Waals surface area contributed by atoms with Crippen LogP contribution in [0.3, 0.4) is 0 Å². The fourth-order valence-corrected chi connectivity index (χ4v) is 2.73. The van der Waals surface area contributed by atoms with Crippen LogP contribution in [0.15, 0.2) is 36.5 Å². The largest absolute Gasteiger partial charge is 0.379 e. The van der Waals surface area contributed by atoms with Gasteiger partial charge in [0.15, 0.2) is 0 Å². The second-order valence-electron chi connectivity index (χ2n) is 5.04. The van der Waals surface area contributed by atoms with Crippen LogP contribution in [-0.2, 0) is 4.74 Å². The first-order valence-corrected chi connectivity index (χ1v) is 6.70. The molecule has 96 valence electrons. The van der Waals surface area contributed by atoms with Gasteiger partial charge in [-0.25, -0.2) is 0 Å². The van der Waals surface area contributed by atoms with E-state index in [1.165, 1.54) is 10.9 Å². The third-order valence-corrected chi connectivity index (χ3v) is 3.73. The van der Waals surface area contributed by atoms with Gasteiger partial charge in [-0.1, -0.05) is 18.2 Å². The number of fused-ring (bicyclic) bond motifs is 1. The van der Waals surface area contributed by atoms with Gasteiger partial charge in [-0.2, -0.15) is 0 Å². The number of ether oxygens (including phenoxy) is 1. The molecule has 1 aliphatic rings. The van der Waals surface area contributed by atoms with E-state index in [-0.39, 0.29) is 0 Å². The van der Waals surface area contributed by atoms with Crippen molar-refractivity contribution in [2.45, 2.75) is 13.0 Å². The lowest BCUT2D eigenvalue weighted by atomic mass is 10.2. The molecule has 3 nitrogen and oxygen atoms in total. The molecule has 1 atom stereocenters.